The number of rotatable bonds is 21. The van der Waals surface area contributed by atoms with Crippen LogP contribution in [-0.2, 0) is 39.9 Å². The van der Waals surface area contributed by atoms with E-state index in [1.54, 1.807) is 6.92 Å². The van der Waals surface area contributed by atoms with Crippen molar-refractivity contribution in [2.45, 2.75) is 44.2 Å². The fourth-order valence-corrected chi connectivity index (χ4v) is 7.87. The van der Waals surface area contributed by atoms with E-state index in [4.69, 9.17) is 14.2 Å². The number of ether oxygens (including phenoxy) is 3. The van der Waals surface area contributed by atoms with Gasteiger partial charge in [-0.15, -0.1) is 23.5 Å². The van der Waals surface area contributed by atoms with Crippen molar-refractivity contribution in [3.8, 4) is 0 Å². The molecule has 4 rings (SSSR count). The summed E-state index contributed by atoms with van der Waals surface area (Å²) >= 11 is 2.81. The first-order valence-corrected chi connectivity index (χ1v) is 20.0. The molecule has 286 valence electrons. The molecule has 4 aromatic carbocycles. The highest BCUT2D eigenvalue weighted by atomic mass is 32.2. The molecule has 0 heterocycles. The second kappa shape index (κ2) is 22.4. The molecule has 0 aliphatic heterocycles. The summed E-state index contributed by atoms with van der Waals surface area (Å²) in [6.45, 7) is 6.10. The van der Waals surface area contributed by atoms with Gasteiger partial charge in [0.05, 0.1) is 17.3 Å². The number of amides is 3. The highest BCUT2D eigenvalue weighted by molar-refractivity contribution is 8.00. The van der Waals surface area contributed by atoms with E-state index in [1.807, 2.05) is 135 Å². The van der Waals surface area contributed by atoms with Crippen molar-refractivity contribution in [3.63, 3.8) is 0 Å². The summed E-state index contributed by atoms with van der Waals surface area (Å²) in [6.07, 6.45) is -0.781. The number of carbonyl (C=O) groups is 4. The van der Waals surface area contributed by atoms with Crippen molar-refractivity contribution in [3.05, 3.63) is 144 Å². The molecule has 12 heteroatoms. The third kappa shape index (κ3) is 13.0. The van der Waals surface area contributed by atoms with E-state index in [1.165, 1.54) is 23.5 Å². The van der Waals surface area contributed by atoms with Crippen LogP contribution in [0, 0.1) is 5.92 Å². The van der Waals surface area contributed by atoms with Crippen molar-refractivity contribution in [1.82, 2.24) is 16.0 Å². The van der Waals surface area contributed by atoms with Crippen LogP contribution in [0.1, 0.15) is 43.0 Å². The second-order valence-electron chi connectivity index (χ2n) is 12.7. The molecule has 4 aromatic rings. The van der Waals surface area contributed by atoms with E-state index in [0.29, 0.717) is 18.5 Å². The summed E-state index contributed by atoms with van der Waals surface area (Å²) < 4.78 is 15.4. The second-order valence-corrected chi connectivity index (χ2v) is 14.9. The third-order valence-corrected chi connectivity index (χ3v) is 10.6. The number of hydrogen-bond acceptors (Lipinski definition) is 9. The Bertz CT molecular complexity index is 1640. The van der Waals surface area contributed by atoms with Crippen molar-refractivity contribution in [2.24, 2.45) is 5.92 Å². The lowest BCUT2D eigenvalue weighted by atomic mass is 9.84. The number of hydrogen-bond donors (Lipinski definition) is 3. The molecule has 0 aliphatic rings. The van der Waals surface area contributed by atoms with Crippen molar-refractivity contribution in [2.75, 3.05) is 37.2 Å². The predicted molar refractivity (Wildman–Crippen MR) is 215 cm³/mol. The molecular formula is C42H49N3O7S2. The minimum absolute atomic E-state index is 0.0156. The highest BCUT2D eigenvalue weighted by Gasteiger charge is 2.39. The maximum atomic E-state index is 14.1. The minimum atomic E-state index is -1.13. The molecule has 0 saturated carbocycles. The fourth-order valence-electron chi connectivity index (χ4n) is 5.53. The van der Waals surface area contributed by atoms with Gasteiger partial charge in [0.1, 0.15) is 25.2 Å². The average Bonchev–Trinajstić information content (AvgIpc) is 3.20. The zero-order valence-corrected chi connectivity index (χ0v) is 32.5. The van der Waals surface area contributed by atoms with Crippen LogP contribution in [0.3, 0.4) is 0 Å². The standard InChI is InChI=1S/C42H49N3O7S2/c1-4-51-38(46)25-43-39(47)37(29-54-42(33-19-11-6-12-20-33,34-21-13-7-14-22-34)35-23-15-8-16-24-35)44-40(48)36(28-53-30-50-26-31(2)3)45-41(49)52-27-32-17-9-5-10-18-32/h5-24,31,36-37H,4,25-30H2,1-3H3,(H,43,47)(H,44,48)(H,45,49)/t36-,37-/m1/s1. The highest BCUT2D eigenvalue weighted by Crippen LogP contribution is 2.48. The molecule has 0 aromatic heterocycles. The van der Waals surface area contributed by atoms with Crippen LogP contribution in [0.2, 0.25) is 0 Å². The van der Waals surface area contributed by atoms with Crippen molar-refractivity contribution in [1.29, 1.82) is 0 Å². The van der Waals surface area contributed by atoms with Gasteiger partial charge in [0.15, 0.2) is 0 Å². The summed E-state index contributed by atoms with van der Waals surface area (Å²) in [6, 6.07) is 36.9. The lowest BCUT2D eigenvalue weighted by Gasteiger charge is -2.36. The number of alkyl carbamates (subject to hydrolysis) is 1. The maximum absolute atomic E-state index is 14.1. The van der Waals surface area contributed by atoms with Crippen LogP contribution in [-0.4, -0.2) is 73.2 Å². The summed E-state index contributed by atoms with van der Waals surface area (Å²) in [5.41, 5.74) is 3.72. The molecular weight excluding hydrogens is 723 g/mol. The molecule has 0 saturated heterocycles. The molecule has 3 N–H and O–H groups in total. The van der Waals surface area contributed by atoms with E-state index in [0.717, 1.165) is 22.3 Å². The van der Waals surface area contributed by atoms with E-state index in [-0.39, 0.29) is 31.3 Å². The number of carbonyl (C=O) groups excluding carboxylic acids is 4. The van der Waals surface area contributed by atoms with Gasteiger partial charge in [-0.1, -0.05) is 135 Å². The molecule has 0 radical (unpaired) electrons. The number of nitrogens with one attached hydrogen (secondary N) is 3. The lowest BCUT2D eigenvalue weighted by molar-refractivity contribution is -0.143. The van der Waals surface area contributed by atoms with Crippen molar-refractivity contribution < 1.29 is 33.4 Å². The molecule has 10 nitrogen and oxygen atoms in total. The molecule has 0 fully saturated rings. The van der Waals surface area contributed by atoms with Gasteiger partial charge in [0, 0.05) is 18.1 Å². The molecule has 54 heavy (non-hydrogen) atoms. The van der Waals surface area contributed by atoms with Crippen LogP contribution in [0.4, 0.5) is 4.79 Å². The Balaban J connectivity index is 1.63. The number of esters is 1. The normalized spacial score (nSPS) is 12.3. The van der Waals surface area contributed by atoms with Crippen LogP contribution in [0.5, 0.6) is 0 Å². The Morgan fingerprint density at radius 2 is 1.19 bits per heavy atom. The Labute approximate surface area is 326 Å². The first-order chi connectivity index (χ1) is 26.2. The predicted octanol–water partition coefficient (Wildman–Crippen LogP) is 6.53. The van der Waals surface area contributed by atoms with E-state index >= 15 is 0 Å². The van der Waals surface area contributed by atoms with Gasteiger partial charge in [-0.25, -0.2) is 4.79 Å². The Morgan fingerprint density at radius 1 is 0.667 bits per heavy atom. The molecule has 3 amide bonds. The van der Waals surface area contributed by atoms with Crippen LogP contribution >= 0.6 is 23.5 Å². The van der Waals surface area contributed by atoms with E-state index < -0.39 is 40.7 Å². The summed E-state index contributed by atoms with van der Waals surface area (Å²) in [5.74, 6) is -0.900. The molecule has 2 atom stereocenters. The topological polar surface area (TPSA) is 132 Å². The SMILES string of the molecule is CCOC(=O)CNC(=O)[C@@H](CSC(c1ccccc1)(c1ccccc1)c1ccccc1)NC(=O)[C@@H](CSCOCC(C)C)NC(=O)OCc1ccccc1. The Kier molecular flexibility index (Phi) is 17.4. The fraction of sp³-hybridized carbons (Fsp3) is 0.333. The Hall–Kier alpha value is -4.78. The Morgan fingerprint density at radius 3 is 1.70 bits per heavy atom. The first kappa shape index (κ1) is 42.0. The summed E-state index contributed by atoms with van der Waals surface area (Å²) in [4.78, 5) is 53.3. The van der Waals surface area contributed by atoms with Gasteiger partial charge < -0.3 is 30.2 Å². The quantitative estimate of drug-likeness (QED) is 0.0375. The lowest BCUT2D eigenvalue weighted by Crippen LogP contribution is -2.56. The molecule has 0 unspecified atom stereocenters. The number of benzene rings is 4. The summed E-state index contributed by atoms with van der Waals surface area (Å²) in [5, 5.41) is 8.21. The first-order valence-electron chi connectivity index (χ1n) is 17.9. The van der Waals surface area contributed by atoms with Crippen LogP contribution in [0.15, 0.2) is 121 Å². The monoisotopic (exact) mass is 771 g/mol. The van der Waals surface area contributed by atoms with Gasteiger partial charge >= 0.3 is 12.1 Å². The minimum Gasteiger partial charge on any atom is -0.465 e. The van der Waals surface area contributed by atoms with Gasteiger partial charge in [-0.3, -0.25) is 14.4 Å². The smallest absolute Gasteiger partial charge is 0.408 e. The molecule has 0 spiro atoms. The average molecular weight is 772 g/mol. The van der Waals surface area contributed by atoms with Gasteiger partial charge in [0.25, 0.3) is 0 Å². The van der Waals surface area contributed by atoms with Crippen molar-refractivity contribution >= 4 is 47.4 Å². The van der Waals surface area contributed by atoms with Gasteiger partial charge in [-0.2, -0.15) is 0 Å². The van der Waals surface area contributed by atoms with Gasteiger partial charge in [-0.05, 0) is 35.1 Å². The van der Waals surface area contributed by atoms with Crippen LogP contribution in [0.25, 0.3) is 0 Å². The molecule has 0 aliphatic carbocycles. The summed E-state index contributed by atoms with van der Waals surface area (Å²) in [7, 11) is 0. The van der Waals surface area contributed by atoms with E-state index in [2.05, 4.69) is 16.0 Å². The number of thioether (sulfide) groups is 2. The maximum Gasteiger partial charge on any atom is 0.408 e. The van der Waals surface area contributed by atoms with E-state index in [9.17, 15) is 19.2 Å². The zero-order valence-electron chi connectivity index (χ0n) is 30.9. The van der Waals surface area contributed by atoms with Gasteiger partial charge in [0.2, 0.25) is 11.8 Å². The zero-order chi connectivity index (χ0) is 38.6. The van der Waals surface area contributed by atoms with Crippen LogP contribution < -0.4 is 16.0 Å². The largest absolute Gasteiger partial charge is 0.465 e. The molecule has 0 bridgehead atoms. The third-order valence-electron chi connectivity index (χ3n) is 8.08.